The van der Waals surface area contributed by atoms with Gasteiger partial charge in [-0.2, -0.15) is 0 Å². The number of hydrogen-bond donors (Lipinski definition) is 2. The maximum Gasteiger partial charge on any atom is 0.260 e. The summed E-state index contributed by atoms with van der Waals surface area (Å²) in [4.78, 5) is 38.2. The summed E-state index contributed by atoms with van der Waals surface area (Å²) in [5.41, 5.74) is 3.77. The van der Waals surface area contributed by atoms with Crippen LogP contribution in [0.2, 0.25) is 0 Å². The predicted molar refractivity (Wildman–Crippen MR) is 139 cm³/mol. The maximum absolute atomic E-state index is 12.8. The molecule has 5 rings (SSSR count). The summed E-state index contributed by atoms with van der Waals surface area (Å²) in [5.74, 6) is 0.868. The van der Waals surface area contributed by atoms with E-state index in [0.29, 0.717) is 26.9 Å². The van der Waals surface area contributed by atoms with Crippen molar-refractivity contribution in [2.24, 2.45) is 0 Å². The molecule has 2 aromatic carbocycles. The molecule has 1 atom stereocenters. The highest BCUT2D eigenvalue weighted by Gasteiger charge is 2.18. The van der Waals surface area contributed by atoms with Crippen LogP contribution in [0.1, 0.15) is 18.3 Å². The number of benzene rings is 2. The molecule has 0 aliphatic heterocycles. The van der Waals surface area contributed by atoms with Crippen LogP contribution in [0.4, 0.5) is 5.13 Å². The molecule has 0 saturated carbocycles. The Hall–Kier alpha value is -3.01. The number of hydrogen-bond acceptors (Lipinski definition) is 7. The minimum absolute atomic E-state index is 0.123. The summed E-state index contributed by atoms with van der Waals surface area (Å²) >= 11 is 4.34. The van der Waals surface area contributed by atoms with Crippen molar-refractivity contribution < 1.29 is 4.79 Å². The van der Waals surface area contributed by atoms with Crippen molar-refractivity contribution >= 4 is 65.9 Å². The molecule has 0 fully saturated rings. The minimum atomic E-state index is -0.331. The van der Waals surface area contributed by atoms with E-state index in [1.165, 1.54) is 34.4 Å². The number of carbonyl (C=O) groups is 1. The molecule has 6 nitrogen and oxygen atoms in total. The smallest absolute Gasteiger partial charge is 0.260 e. The topological polar surface area (TPSA) is 87.7 Å². The first-order chi connectivity index (χ1) is 16.0. The van der Waals surface area contributed by atoms with Gasteiger partial charge in [0.1, 0.15) is 10.7 Å². The first-order valence-electron chi connectivity index (χ1n) is 10.3. The molecule has 0 saturated heterocycles. The molecule has 9 heteroatoms. The van der Waals surface area contributed by atoms with E-state index in [-0.39, 0.29) is 16.7 Å². The van der Waals surface area contributed by atoms with Crippen LogP contribution >= 0.6 is 34.4 Å². The van der Waals surface area contributed by atoms with Crippen molar-refractivity contribution in [1.29, 1.82) is 0 Å². The van der Waals surface area contributed by atoms with Gasteiger partial charge in [0.2, 0.25) is 5.91 Å². The molecule has 1 unspecified atom stereocenters. The summed E-state index contributed by atoms with van der Waals surface area (Å²) in [6.45, 7) is 3.87. The Kier molecular flexibility index (Phi) is 6.01. The summed E-state index contributed by atoms with van der Waals surface area (Å²) < 4.78 is 1.05. The maximum atomic E-state index is 12.8. The fourth-order valence-electron chi connectivity index (χ4n) is 3.46. The summed E-state index contributed by atoms with van der Waals surface area (Å²) in [7, 11) is 0. The van der Waals surface area contributed by atoms with Crippen molar-refractivity contribution in [2.45, 2.75) is 24.9 Å². The lowest BCUT2D eigenvalue weighted by Gasteiger charge is -2.10. The Morgan fingerprint density at radius 3 is 2.82 bits per heavy atom. The Balaban J connectivity index is 1.27. The molecule has 5 aromatic rings. The monoisotopic (exact) mass is 492 g/mol. The average Bonchev–Trinajstić information content (AvgIpc) is 3.41. The van der Waals surface area contributed by atoms with E-state index >= 15 is 0 Å². The number of fused-ring (bicyclic) bond motifs is 2. The van der Waals surface area contributed by atoms with Gasteiger partial charge in [0.05, 0.1) is 26.6 Å². The second-order valence-electron chi connectivity index (χ2n) is 7.64. The van der Waals surface area contributed by atoms with E-state index in [1.54, 1.807) is 0 Å². The Labute approximate surface area is 202 Å². The third-order valence-corrected chi connectivity index (χ3v) is 8.15. The number of H-pyrrole nitrogens is 1. The third-order valence-electron chi connectivity index (χ3n) is 5.19. The van der Waals surface area contributed by atoms with Crippen LogP contribution in [0.5, 0.6) is 0 Å². The van der Waals surface area contributed by atoms with Crippen molar-refractivity contribution in [3.8, 4) is 11.1 Å². The molecule has 0 aliphatic rings. The van der Waals surface area contributed by atoms with Crippen LogP contribution in [0.3, 0.4) is 0 Å². The quantitative estimate of drug-likeness (QED) is 0.311. The molecule has 0 bridgehead atoms. The number of thiazole rings is 1. The van der Waals surface area contributed by atoms with Gasteiger partial charge < -0.3 is 10.3 Å². The average molecular weight is 493 g/mol. The Morgan fingerprint density at radius 2 is 2.00 bits per heavy atom. The fourth-order valence-corrected chi connectivity index (χ4v) is 6.15. The molecule has 0 radical (unpaired) electrons. The molecule has 0 aliphatic carbocycles. The number of nitrogens with zero attached hydrogens (tertiary/aromatic N) is 2. The van der Waals surface area contributed by atoms with Crippen LogP contribution in [0.25, 0.3) is 31.6 Å². The molecule has 166 valence electrons. The molecule has 1 amide bonds. The van der Waals surface area contributed by atoms with Crippen molar-refractivity contribution in [2.75, 3.05) is 5.32 Å². The molecule has 3 heterocycles. The van der Waals surface area contributed by atoms with E-state index in [9.17, 15) is 9.59 Å². The first kappa shape index (κ1) is 21.8. The lowest BCUT2D eigenvalue weighted by Crippen LogP contribution is -2.22. The van der Waals surface area contributed by atoms with Crippen LogP contribution in [-0.4, -0.2) is 26.1 Å². The van der Waals surface area contributed by atoms with Crippen LogP contribution < -0.4 is 10.9 Å². The number of rotatable bonds is 6. The summed E-state index contributed by atoms with van der Waals surface area (Å²) in [5, 5.41) is 5.74. The van der Waals surface area contributed by atoms with E-state index in [4.69, 9.17) is 0 Å². The lowest BCUT2D eigenvalue weighted by atomic mass is 10.1. The minimum Gasteiger partial charge on any atom is -0.309 e. The number of nitrogens with one attached hydrogen (secondary N) is 2. The largest absolute Gasteiger partial charge is 0.309 e. The lowest BCUT2D eigenvalue weighted by molar-refractivity contribution is -0.115. The number of anilines is 1. The molecular weight excluding hydrogens is 472 g/mol. The van der Waals surface area contributed by atoms with Gasteiger partial charge in [0.15, 0.2) is 5.13 Å². The van der Waals surface area contributed by atoms with E-state index in [0.717, 1.165) is 26.9 Å². The molecule has 3 aromatic heterocycles. The molecule has 2 N–H and O–H groups in total. The second-order valence-corrected chi connectivity index (χ2v) is 10.9. The zero-order valence-corrected chi connectivity index (χ0v) is 20.4. The fraction of sp³-hybridized carbons (Fsp3) is 0.167. The van der Waals surface area contributed by atoms with Crippen molar-refractivity contribution in [1.82, 2.24) is 15.0 Å². The highest BCUT2D eigenvalue weighted by atomic mass is 32.2. The van der Waals surface area contributed by atoms with Crippen LogP contribution in [0, 0.1) is 6.92 Å². The number of aromatic nitrogens is 3. The first-order valence-corrected chi connectivity index (χ1v) is 13.1. The number of thiophene rings is 1. The molecule has 0 spiro atoms. The zero-order chi connectivity index (χ0) is 22.9. The van der Waals surface area contributed by atoms with E-state index in [1.807, 2.05) is 61.7 Å². The standard InChI is InChI=1S/C24H20N4O2S3/c1-13-8-9-17-18(10-13)33-24(25-17)28-21(29)14(2)31-12-19-26-22(30)20-16(11-32-23(20)27-19)15-6-4-3-5-7-15/h3-11,14H,12H2,1-2H3,(H,25,28,29)(H,26,27,30). The second kappa shape index (κ2) is 9.09. The number of carbonyl (C=O) groups excluding carboxylic acids is 1. The Bertz CT molecular complexity index is 1520. The van der Waals surface area contributed by atoms with Crippen LogP contribution in [0.15, 0.2) is 58.7 Å². The predicted octanol–water partition coefficient (Wildman–Crippen LogP) is 5.83. The van der Waals surface area contributed by atoms with Gasteiger partial charge in [-0.1, -0.05) is 47.7 Å². The highest BCUT2D eigenvalue weighted by molar-refractivity contribution is 7.99. The van der Waals surface area contributed by atoms with E-state index in [2.05, 4.69) is 26.3 Å². The Morgan fingerprint density at radius 1 is 1.18 bits per heavy atom. The molecular formula is C24H20N4O2S3. The number of amides is 1. The van der Waals surface area contributed by atoms with Gasteiger partial charge in [-0.05, 0) is 37.1 Å². The zero-order valence-electron chi connectivity index (χ0n) is 17.9. The van der Waals surface area contributed by atoms with E-state index < -0.39 is 0 Å². The number of thioether (sulfide) groups is 1. The van der Waals surface area contributed by atoms with Gasteiger partial charge in [-0.25, -0.2) is 9.97 Å². The van der Waals surface area contributed by atoms with Gasteiger partial charge >= 0.3 is 0 Å². The summed E-state index contributed by atoms with van der Waals surface area (Å²) in [6, 6.07) is 15.8. The number of aromatic amines is 1. The van der Waals surface area contributed by atoms with Gasteiger partial charge in [0.25, 0.3) is 5.56 Å². The third kappa shape index (κ3) is 4.57. The highest BCUT2D eigenvalue weighted by Crippen LogP contribution is 2.31. The van der Waals surface area contributed by atoms with Crippen molar-refractivity contribution in [3.05, 3.63) is 75.7 Å². The van der Waals surface area contributed by atoms with Gasteiger partial charge in [0, 0.05) is 10.9 Å². The SMILES string of the molecule is Cc1ccc2nc(NC(=O)C(C)SCc3nc4scc(-c5ccccc5)c4c(=O)[nH]3)sc2c1. The summed E-state index contributed by atoms with van der Waals surface area (Å²) in [6.07, 6.45) is 0. The van der Waals surface area contributed by atoms with Gasteiger partial charge in [-0.15, -0.1) is 23.1 Å². The normalized spacial score (nSPS) is 12.3. The van der Waals surface area contributed by atoms with Crippen molar-refractivity contribution in [3.63, 3.8) is 0 Å². The molecule has 33 heavy (non-hydrogen) atoms. The number of aryl methyl sites for hydroxylation is 1. The van der Waals surface area contributed by atoms with Gasteiger partial charge in [-0.3, -0.25) is 9.59 Å². The van der Waals surface area contributed by atoms with Crippen LogP contribution in [-0.2, 0) is 10.5 Å².